The monoisotopic (exact) mass is 473 g/mol. The van der Waals surface area contributed by atoms with Crippen molar-refractivity contribution in [2.24, 2.45) is 0 Å². The van der Waals surface area contributed by atoms with Crippen LogP contribution in [-0.4, -0.2) is 49.0 Å². The molecule has 2 amide bonds. The van der Waals surface area contributed by atoms with E-state index in [0.717, 1.165) is 0 Å². The van der Waals surface area contributed by atoms with Gasteiger partial charge in [0, 0.05) is 42.9 Å². The van der Waals surface area contributed by atoms with Crippen molar-refractivity contribution in [1.29, 1.82) is 0 Å². The maximum absolute atomic E-state index is 13.5. The largest absolute Gasteiger partial charge is 0.455 e. The van der Waals surface area contributed by atoms with Crippen molar-refractivity contribution in [1.82, 2.24) is 10.6 Å². The Kier molecular flexibility index (Phi) is 6.22. The van der Waals surface area contributed by atoms with Gasteiger partial charge in [-0.05, 0) is 37.3 Å². The summed E-state index contributed by atoms with van der Waals surface area (Å²) in [7, 11) is 1.57. The molecule has 2 heterocycles. The van der Waals surface area contributed by atoms with Gasteiger partial charge in [0.15, 0.2) is 6.10 Å². The lowest BCUT2D eigenvalue weighted by Gasteiger charge is -2.23. The molecule has 0 radical (unpaired) electrons. The number of benzene rings is 2. The molecule has 0 fully saturated rings. The molecule has 2 aromatic carbocycles. The number of hydrogen-bond donors (Lipinski definition) is 2. The number of carbonyl (C=O) groups is 2. The molecule has 1 aliphatic rings. The van der Waals surface area contributed by atoms with Crippen LogP contribution in [0, 0.1) is 5.82 Å². The van der Waals surface area contributed by atoms with Crippen LogP contribution in [0.15, 0.2) is 40.8 Å². The number of nitrogens with zero attached hydrogens (tertiary/aromatic N) is 1. The minimum Gasteiger partial charge on any atom is -0.455 e. The van der Waals surface area contributed by atoms with Gasteiger partial charge in [-0.2, -0.15) is 0 Å². The van der Waals surface area contributed by atoms with E-state index in [2.05, 4.69) is 10.6 Å². The van der Waals surface area contributed by atoms with Crippen molar-refractivity contribution in [3.8, 4) is 11.3 Å². The quantitative estimate of drug-likeness (QED) is 0.607. The van der Waals surface area contributed by atoms with E-state index in [0.29, 0.717) is 39.1 Å². The summed E-state index contributed by atoms with van der Waals surface area (Å²) in [6.45, 7) is 1.88. The van der Waals surface area contributed by atoms with Crippen molar-refractivity contribution in [2.45, 2.75) is 19.1 Å². The fraction of sp³-hybridized carbons (Fsp3) is 0.304. The van der Waals surface area contributed by atoms with Gasteiger partial charge < -0.3 is 19.8 Å². The number of amides is 2. The molecular formula is C23H24FN3O5S. The van der Waals surface area contributed by atoms with E-state index < -0.39 is 29.0 Å². The lowest BCUT2D eigenvalue weighted by Crippen LogP contribution is -2.42. The minimum absolute atomic E-state index is 0.0828. The number of fused-ring (bicyclic) bond motifs is 2. The Bertz CT molecular complexity index is 1260. The van der Waals surface area contributed by atoms with E-state index in [1.165, 1.54) is 44.6 Å². The summed E-state index contributed by atoms with van der Waals surface area (Å²) in [6.07, 6.45) is 0.162. The zero-order chi connectivity index (χ0) is 23.9. The van der Waals surface area contributed by atoms with E-state index in [1.807, 2.05) is 0 Å². The van der Waals surface area contributed by atoms with Gasteiger partial charge in [-0.1, -0.05) is 0 Å². The topological polar surface area (TPSA) is 101 Å². The molecule has 10 heteroatoms. The third-order valence-corrected chi connectivity index (χ3v) is 6.62. The van der Waals surface area contributed by atoms with Crippen LogP contribution >= 0.6 is 0 Å². The number of nitrogens with one attached hydrogen (secondary N) is 2. The van der Waals surface area contributed by atoms with Gasteiger partial charge in [0.1, 0.15) is 28.1 Å². The van der Waals surface area contributed by atoms with Crippen LogP contribution in [0.3, 0.4) is 0 Å². The van der Waals surface area contributed by atoms with Crippen LogP contribution in [-0.2, 0) is 20.5 Å². The molecule has 3 aromatic rings. The first-order chi connectivity index (χ1) is 15.7. The summed E-state index contributed by atoms with van der Waals surface area (Å²) in [6, 6.07) is 9.14. The average molecular weight is 474 g/mol. The Balaban J connectivity index is 1.95. The normalized spacial score (nSPS) is 19.0. The maximum atomic E-state index is 13.5. The van der Waals surface area contributed by atoms with Crippen LogP contribution in [0.2, 0.25) is 0 Å². The lowest BCUT2D eigenvalue weighted by molar-refractivity contribution is -0.134. The van der Waals surface area contributed by atoms with Crippen molar-refractivity contribution in [3.05, 3.63) is 53.3 Å². The van der Waals surface area contributed by atoms with Crippen LogP contribution in [0.1, 0.15) is 28.9 Å². The maximum Gasteiger partial charge on any atom is 0.255 e. The molecule has 33 heavy (non-hydrogen) atoms. The summed E-state index contributed by atoms with van der Waals surface area (Å²) in [5, 5.41) is 5.73. The molecule has 2 N–H and O–H groups in total. The summed E-state index contributed by atoms with van der Waals surface area (Å²) in [5.74, 6) is -0.793. The van der Waals surface area contributed by atoms with E-state index in [1.54, 1.807) is 23.4 Å². The number of ether oxygens (including phenoxy) is 1. The molecule has 0 saturated heterocycles. The average Bonchev–Trinajstić information content (AvgIpc) is 3.11. The fourth-order valence-electron chi connectivity index (χ4n) is 4.01. The van der Waals surface area contributed by atoms with Gasteiger partial charge in [0.25, 0.3) is 11.8 Å². The first-order valence-corrected chi connectivity index (χ1v) is 11.8. The van der Waals surface area contributed by atoms with E-state index in [4.69, 9.17) is 9.15 Å². The molecule has 3 unspecified atom stereocenters. The Labute approximate surface area is 192 Å². The Hall–Kier alpha value is -3.24. The molecule has 0 saturated carbocycles. The Morgan fingerprint density at radius 1 is 1.15 bits per heavy atom. The second-order valence-electron chi connectivity index (χ2n) is 7.67. The second-order valence-corrected chi connectivity index (χ2v) is 8.95. The molecule has 0 bridgehead atoms. The zero-order valence-electron chi connectivity index (χ0n) is 18.6. The SMILES string of the molecule is CNC(=O)c1c(-c2ccc(F)cc2)oc2cc3c(cc12)C(C)OC(C(=O)NC)CN3S(C)=O. The van der Waals surface area contributed by atoms with Gasteiger partial charge in [-0.15, -0.1) is 0 Å². The highest BCUT2D eigenvalue weighted by atomic mass is 32.2. The van der Waals surface area contributed by atoms with Gasteiger partial charge >= 0.3 is 0 Å². The lowest BCUT2D eigenvalue weighted by atomic mass is 10.0. The van der Waals surface area contributed by atoms with E-state index in [-0.39, 0.29) is 18.4 Å². The molecule has 4 rings (SSSR count). The molecule has 8 nitrogen and oxygen atoms in total. The van der Waals surface area contributed by atoms with Crippen molar-refractivity contribution in [2.75, 3.05) is 31.2 Å². The molecule has 1 aromatic heterocycles. The predicted octanol–water partition coefficient (Wildman–Crippen LogP) is 2.90. The van der Waals surface area contributed by atoms with E-state index >= 15 is 0 Å². The number of halogens is 1. The summed E-state index contributed by atoms with van der Waals surface area (Å²) >= 11 is 0. The van der Waals surface area contributed by atoms with Crippen molar-refractivity contribution >= 4 is 39.5 Å². The van der Waals surface area contributed by atoms with Crippen molar-refractivity contribution < 1.29 is 27.3 Å². The van der Waals surface area contributed by atoms with Crippen molar-refractivity contribution in [3.63, 3.8) is 0 Å². The smallest absolute Gasteiger partial charge is 0.255 e. The van der Waals surface area contributed by atoms with E-state index in [9.17, 15) is 18.2 Å². The number of furan rings is 1. The van der Waals surface area contributed by atoms with Crippen LogP contribution in [0.25, 0.3) is 22.3 Å². The summed E-state index contributed by atoms with van der Waals surface area (Å²) in [5.41, 5.74) is 2.49. The van der Waals surface area contributed by atoms with Gasteiger partial charge in [0.05, 0.1) is 23.9 Å². The Morgan fingerprint density at radius 2 is 1.85 bits per heavy atom. The fourth-order valence-corrected chi connectivity index (χ4v) is 4.79. The number of rotatable bonds is 4. The van der Waals surface area contributed by atoms with Crippen LogP contribution in [0.5, 0.6) is 0 Å². The first kappa shape index (κ1) is 22.9. The molecule has 3 atom stereocenters. The summed E-state index contributed by atoms with van der Waals surface area (Å²) in [4.78, 5) is 25.1. The number of carbonyl (C=O) groups excluding carboxylic acids is 2. The highest BCUT2D eigenvalue weighted by Gasteiger charge is 2.34. The highest BCUT2D eigenvalue weighted by Crippen LogP contribution is 2.41. The molecule has 1 aliphatic heterocycles. The highest BCUT2D eigenvalue weighted by molar-refractivity contribution is 7.85. The number of hydrogen-bond acceptors (Lipinski definition) is 5. The number of anilines is 1. The zero-order valence-corrected chi connectivity index (χ0v) is 19.4. The minimum atomic E-state index is -1.46. The molecule has 0 spiro atoms. The molecular weight excluding hydrogens is 449 g/mol. The predicted molar refractivity (Wildman–Crippen MR) is 124 cm³/mol. The summed E-state index contributed by atoms with van der Waals surface area (Å²) < 4.78 is 39.7. The van der Waals surface area contributed by atoms with Crippen LogP contribution < -0.4 is 14.9 Å². The van der Waals surface area contributed by atoms with Gasteiger partial charge in [0.2, 0.25) is 0 Å². The molecule has 174 valence electrons. The standard InChI is InChI=1S/C23H24FN3O5S/c1-12-15-9-16-18(10-17(15)27(33(4)30)11-19(31-12)22(28)25-2)32-21(20(16)23(29)26-3)13-5-7-14(24)8-6-13/h5-10,12,19H,11H2,1-4H3,(H,25,28)(H,26,29). The second kappa shape index (κ2) is 8.95. The van der Waals surface area contributed by atoms with Gasteiger partial charge in [-0.25, -0.2) is 8.60 Å². The van der Waals surface area contributed by atoms with Crippen LogP contribution in [0.4, 0.5) is 10.1 Å². The molecule has 0 aliphatic carbocycles. The Morgan fingerprint density at radius 3 is 2.45 bits per heavy atom. The third kappa shape index (κ3) is 4.11. The first-order valence-electron chi connectivity index (χ1n) is 10.3. The number of likely N-dealkylation sites (N-methyl/N-ethyl adjacent to an activating group) is 1. The van der Waals surface area contributed by atoms with Gasteiger partial charge in [-0.3, -0.25) is 13.9 Å². The third-order valence-electron chi connectivity index (χ3n) is 5.65.